The summed E-state index contributed by atoms with van der Waals surface area (Å²) >= 11 is 18.9. The molecule has 0 aliphatic heterocycles. The van der Waals surface area contributed by atoms with E-state index in [1.807, 2.05) is 36.4 Å². The van der Waals surface area contributed by atoms with Gasteiger partial charge in [0.2, 0.25) is 0 Å². The highest BCUT2D eigenvalue weighted by Crippen LogP contribution is 2.27. The summed E-state index contributed by atoms with van der Waals surface area (Å²) in [6.07, 6.45) is 0. The van der Waals surface area contributed by atoms with Crippen LogP contribution < -0.4 is 5.32 Å². The van der Waals surface area contributed by atoms with E-state index in [-0.39, 0.29) is 0 Å². The van der Waals surface area contributed by atoms with Crippen LogP contribution in [-0.4, -0.2) is 0 Å². The minimum Gasteiger partial charge on any atom is -0.381 e. The molecular formula is C13H9Br2Cl2N. The summed E-state index contributed by atoms with van der Waals surface area (Å²) in [5, 5.41) is 4.74. The monoisotopic (exact) mass is 407 g/mol. The van der Waals surface area contributed by atoms with E-state index in [9.17, 15) is 0 Å². The highest BCUT2D eigenvalue weighted by atomic mass is 79.9. The lowest BCUT2D eigenvalue weighted by Gasteiger charge is -2.09. The molecule has 94 valence electrons. The fourth-order valence-corrected chi connectivity index (χ4v) is 2.71. The van der Waals surface area contributed by atoms with Crippen LogP contribution in [0.3, 0.4) is 0 Å². The normalized spacial score (nSPS) is 10.4. The molecule has 0 heterocycles. The van der Waals surface area contributed by atoms with Gasteiger partial charge in [0, 0.05) is 26.2 Å². The molecule has 0 aliphatic rings. The molecule has 0 radical (unpaired) electrons. The Morgan fingerprint density at radius 2 is 1.72 bits per heavy atom. The highest BCUT2D eigenvalue weighted by molar-refractivity contribution is 9.10. The molecule has 0 amide bonds. The van der Waals surface area contributed by atoms with E-state index >= 15 is 0 Å². The molecule has 0 unspecified atom stereocenters. The van der Waals surface area contributed by atoms with Crippen LogP contribution in [0.1, 0.15) is 5.56 Å². The molecule has 2 aromatic carbocycles. The smallest absolute Gasteiger partial charge is 0.0549 e. The lowest BCUT2D eigenvalue weighted by atomic mass is 10.2. The topological polar surface area (TPSA) is 12.0 Å². The Labute approximate surface area is 133 Å². The van der Waals surface area contributed by atoms with E-state index in [1.165, 1.54) is 0 Å². The third-order valence-electron chi connectivity index (χ3n) is 2.42. The van der Waals surface area contributed by atoms with Gasteiger partial charge in [-0.2, -0.15) is 0 Å². The summed E-state index contributed by atoms with van der Waals surface area (Å²) in [5.41, 5.74) is 2.04. The van der Waals surface area contributed by atoms with Gasteiger partial charge in [-0.1, -0.05) is 45.2 Å². The van der Waals surface area contributed by atoms with Gasteiger partial charge in [0.15, 0.2) is 0 Å². The fourth-order valence-electron chi connectivity index (χ4n) is 1.47. The maximum absolute atomic E-state index is 6.15. The Kier molecular flexibility index (Phi) is 4.96. The standard InChI is InChI=1S/C13H9Br2Cl2N/c14-9-2-1-8(13(17)5-9)7-18-10-3-4-12(16)11(15)6-10/h1-6,18H,7H2. The van der Waals surface area contributed by atoms with Crippen LogP contribution in [0, 0.1) is 0 Å². The minimum absolute atomic E-state index is 0.667. The first-order chi connectivity index (χ1) is 8.56. The van der Waals surface area contributed by atoms with E-state index < -0.39 is 0 Å². The predicted octanol–water partition coefficient (Wildman–Crippen LogP) is 6.13. The fraction of sp³-hybridized carbons (Fsp3) is 0.0769. The van der Waals surface area contributed by atoms with E-state index in [0.717, 1.165) is 25.2 Å². The van der Waals surface area contributed by atoms with Gasteiger partial charge in [-0.25, -0.2) is 0 Å². The van der Waals surface area contributed by atoms with Crippen molar-refractivity contribution in [1.82, 2.24) is 0 Å². The Bertz CT molecular complexity index is 573. The number of anilines is 1. The van der Waals surface area contributed by atoms with Gasteiger partial charge in [0.25, 0.3) is 0 Å². The second-order valence-electron chi connectivity index (χ2n) is 3.72. The SMILES string of the molecule is Clc1ccc(NCc2ccc(Br)cc2Cl)cc1Br. The maximum Gasteiger partial charge on any atom is 0.0549 e. The van der Waals surface area contributed by atoms with Crippen molar-refractivity contribution in [3.8, 4) is 0 Å². The predicted molar refractivity (Wildman–Crippen MR) is 85.6 cm³/mol. The first-order valence-corrected chi connectivity index (χ1v) is 7.53. The first kappa shape index (κ1) is 14.2. The Hall–Kier alpha value is -0.220. The molecule has 0 saturated carbocycles. The molecule has 0 fully saturated rings. The molecule has 1 N–H and O–H groups in total. The molecule has 0 atom stereocenters. The summed E-state index contributed by atoms with van der Waals surface area (Å²) < 4.78 is 1.85. The van der Waals surface area contributed by atoms with Crippen LogP contribution in [0.25, 0.3) is 0 Å². The van der Waals surface area contributed by atoms with Crippen molar-refractivity contribution in [2.75, 3.05) is 5.32 Å². The van der Waals surface area contributed by atoms with E-state index in [1.54, 1.807) is 0 Å². The zero-order chi connectivity index (χ0) is 13.1. The number of hydrogen-bond donors (Lipinski definition) is 1. The minimum atomic E-state index is 0.667. The number of rotatable bonds is 3. The number of nitrogens with one attached hydrogen (secondary N) is 1. The van der Waals surface area contributed by atoms with Gasteiger partial charge in [-0.3, -0.25) is 0 Å². The van der Waals surface area contributed by atoms with E-state index in [0.29, 0.717) is 11.6 Å². The van der Waals surface area contributed by atoms with Crippen LogP contribution in [-0.2, 0) is 6.54 Å². The zero-order valence-corrected chi connectivity index (χ0v) is 13.9. The molecule has 0 saturated heterocycles. The molecule has 2 rings (SSSR count). The van der Waals surface area contributed by atoms with Crippen molar-refractivity contribution >= 4 is 60.7 Å². The van der Waals surface area contributed by atoms with Crippen molar-refractivity contribution in [2.24, 2.45) is 0 Å². The largest absolute Gasteiger partial charge is 0.381 e. The maximum atomic E-state index is 6.15. The molecule has 0 aliphatic carbocycles. The molecule has 2 aromatic rings. The number of benzene rings is 2. The second-order valence-corrected chi connectivity index (χ2v) is 6.30. The Morgan fingerprint density at radius 3 is 2.39 bits per heavy atom. The third kappa shape index (κ3) is 3.64. The summed E-state index contributed by atoms with van der Waals surface area (Å²) in [5.74, 6) is 0. The van der Waals surface area contributed by atoms with Crippen molar-refractivity contribution < 1.29 is 0 Å². The van der Waals surface area contributed by atoms with Crippen LogP contribution in [0.15, 0.2) is 45.3 Å². The summed E-state index contributed by atoms with van der Waals surface area (Å²) in [7, 11) is 0. The van der Waals surface area contributed by atoms with Gasteiger partial charge < -0.3 is 5.32 Å². The van der Waals surface area contributed by atoms with Gasteiger partial charge in [0.05, 0.1) is 5.02 Å². The summed E-state index contributed by atoms with van der Waals surface area (Å²) in [6.45, 7) is 0.667. The lowest BCUT2D eigenvalue weighted by Crippen LogP contribution is -2.00. The Balaban J connectivity index is 2.09. The van der Waals surface area contributed by atoms with Gasteiger partial charge in [-0.15, -0.1) is 0 Å². The van der Waals surface area contributed by atoms with Crippen LogP contribution in [0.2, 0.25) is 10.0 Å². The van der Waals surface area contributed by atoms with Gasteiger partial charge in [0.1, 0.15) is 0 Å². The van der Waals surface area contributed by atoms with Gasteiger partial charge >= 0.3 is 0 Å². The first-order valence-electron chi connectivity index (χ1n) is 5.19. The summed E-state index contributed by atoms with van der Waals surface area (Å²) in [6, 6.07) is 11.6. The lowest BCUT2D eigenvalue weighted by molar-refractivity contribution is 1.15. The van der Waals surface area contributed by atoms with Crippen LogP contribution in [0.5, 0.6) is 0 Å². The van der Waals surface area contributed by atoms with Crippen molar-refractivity contribution in [1.29, 1.82) is 0 Å². The number of halogens is 4. The third-order valence-corrected chi connectivity index (χ3v) is 4.48. The average Bonchev–Trinajstić information content (AvgIpc) is 2.32. The van der Waals surface area contributed by atoms with E-state index in [4.69, 9.17) is 23.2 Å². The number of hydrogen-bond acceptors (Lipinski definition) is 1. The zero-order valence-electron chi connectivity index (χ0n) is 9.18. The summed E-state index contributed by atoms with van der Waals surface area (Å²) in [4.78, 5) is 0. The van der Waals surface area contributed by atoms with Crippen LogP contribution >= 0.6 is 55.1 Å². The van der Waals surface area contributed by atoms with Crippen molar-refractivity contribution in [2.45, 2.75) is 6.54 Å². The highest BCUT2D eigenvalue weighted by Gasteiger charge is 2.02. The second kappa shape index (κ2) is 6.29. The Morgan fingerprint density at radius 1 is 0.944 bits per heavy atom. The van der Waals surface area contributed by atoms with Gasteiger partial charge in [-0.05, 0) is 51.8 Å². The molecule has 1 nitrogen and oxygen atoms in total. The average molecular weight is 410 g/mol. The molecule has 0 spiro atoms. The molecule has 5 heteroatoms. The van der Waals surface area contributed by atoms with Crippen molar-refractivity contribution in [3.63, 3.8) is 0 Å². The molecule has 0 bridgehead atoms. The van der Waals surface area contributed by atoms with Crippen LogP contribution in [0.4, 0.5) is 5.69 Å². The molecular weight excluding hydrogens is 401 g/mol. The quantitative estimate of drug-likeness (QED) is 0.642. The van der Waals surface area contributed by atoms with E-state index in [2.05, 4.69) is 37.2 Å². The molecule has 0 aromatic heterocycles. The molecule has 18 heavy (non-hydrogen) atoms. The van der Waals surface area contributed by atoms with Crippen molar-refractivity contribution in [3.05, 3.63) is 61.0 Å².